The summed E-state index contributed by atoms with van der Waals surface area (Å²) in [5, 5.41) is 5.30. The number of carbonyl (C=O) groups is 2. The highest BCUT2D eigenvalue weighted by Gasteiger charge is 2.13. The Morgan fingerprint density at radius 2 is 1.76 bits per heavy atom. The third kappa shape index (κ3) is 9.98. The van der Waals surface area contributed by atoms with Crippen molar-refractivity contribution in [2.45, 2.75) is 38.6 Å². The average molecular weight is 461 g/mol. The SMILES string of the molecule is CCc1ccccc1.NCCC[C@H](N)C(=O)NCC(=O)Nc1ccc(C2=CCC=CC=C2)cc1. The number of benzene rings is 2. The van der Waals surface area contributed by atoms with Gasteiger partial charge in [-0.1, -0.05) is 79.8 Å². The summed E-state index contributed by atoms with van der Waals surface area (Å²) in [5.74, 6) is -0.639. The maximum Gasteiger partial charge on any atom is 0.243 e. The van der Waals surface area contributed by atoms with Crippen molar-refractivity contribution in [1.82, 2.24) is 5.32 Å². The fraction of sp³-hybridized carbons (Fsp3) is 0.286. The monoisotopic (exact) mass is 460 g/mol. The minimum atomic E-state index is -0.638. The summed E-state index contributed by atoms with van der Waals surface area (Å²) in [4.78, 5) is 23.7. The van der Waals surface area contributed by atoms with Crippen molar-refractivity contribution in [3.63, 3.8) is 0 Å². The molecule has 6 heteroatoms. The smallest absolute Gasteiger partial charge is 0.243 e. The lowest BCUT2D eigenvalue weighted by Crippen LogP contribution is -2.43. The van der Waals surface area contributed by atoms with E-state index in [1.807, 2.05) is 42.5 Å². The first kappa shape index (κ1) is 26.8. The van der Waals surface area contributed by atoms with E-state index in [9.17, 15) is 9.59 Å². The van der Waals surface area contributed by atoms with Crippen LogP contribution in [0.2, 0.25) is 0 Å². The van der Waals surface area contributed by atoms with Crippen LogP contribution in [0.15, 0.2) is 85.0 Å². The van der Waals surface area contributed by atoms with Crippen LogP contribution >= 0.6 is 0 Å². The lowest BCUT2D eigenvalue weighted by Gasteiger charge is -2.12. The molecular formula is C28H36N4O2. The van der Waals surface area contributed by atoms with Gasteiger partial charge >= 0.3 is 0 Å². The zero-order chi connectivity index (χ0) is 24.6. The molecule has 2 aromatic carbocycles. The molecule has 6 nitrogen and oxygen atoms in total. The molecule has 0 saturated heterocycles. The molecule has 0 spiro atoms. The zero-order valence-corrected chi connectivity index (χ0v) is 19.9. The molecule has 0 saturated carbocycles. The summed E-state index contributed by atoms with van der Waals surface area (Å²) in [7, 11) is 0. The first-order valence-corrected chi connectivity index (χ1v) is 11.7. The van der Waals surface area contributed by atoms with Crippen molar-refractivity contribution >= 4 is 23.1 Å². The van der Waals surface area contributed by atoms with E-state index < -0.39 is 6.04 Å². The normalized spacial score (nSPS) is 13.1. The molecule has 6 N–H and O–H groups in total. The highest BCUT2D eigenvalue weighted by molar-refractivity contribution is 5.95. The van der Waals surface area contributed by atoms with Crippen molar-refractivity contribution < 1.29 is 9.59 Å². The summed E-state index contributed by atoms with van der Waals surface area (Å²) in [6.07, 6.45) is 13.5. The van der Waals surface area contributed by atoms with Gasteiger partial charge in [0.2, 0.25) is 11.8 Å². The lowest BCUT2D eigenvalue weighted by atomic mass is 10.0. The summed E-state index contributed by atoms with van der Waals surface area (Å²) >= 11 is 0. The molecular weight excluding hydrogens is 424 g/mol. The van der Waals surface area contributed by atoms with Gasteiger partial charge in [-0.3, -0.25) is 9.59 Å². The number of aryl methyl sites for hydroxylation is 1. The van der Waals surface area contributed by atoms with Gasteiger partial charge in [0.25, 0.3) is 0 Å². The molecule has 0 heterocycles. The van der Waals surface area contributed by atoms with Gasteiger partial charge in [-0.05, 0) is 61.1 Å². The predicted octanol–water partition coefficient (Wildman–Crippen LogP) is 3.96. The number of nitrogens with two attached hydrogens (primary N) is 2. The van der Waals surface area contributed by atoms with Crippen LogP contribution in [0.25, 0.3) is 5.57 Å². The molecule has 0 fully saturated rings. The minimum Gasteiger partial charge on any atom is -0.346 e. The number of hydrogen-bond donors (Lipinski definition) is 4. The Balaban J connectivity index is 0.000000430. The first-order chi connectivity index (χ1) is 16.5. The molecule has 1 aliphatic rings. The van der Waals surface area contributed by atoms with Crippen LogP contribution in [0.4, 0.5) is 5.69 Å². The topological polar surface area (TPSA) is 110 Å². The Morgan fingerprint density at radius 3 is 2.41 bits per heavy atom. The molecule has 1 atom stereocenters. The number of anilines is 1. The van der Waals surface area contributed by atoms with E-state index in [4.69, 9.17) is 11.5 Å². The van der Waals surface area contributed by atoms with Crippen molar-refractivity contribution in [1.29, 1.82) is 0 Å². The second kappa shape index (κ2) is 15.4. The van der Waals surface area contributed by atoms with Crippen LogP contribution < -0.4 is 22.1 Å². The van der Waals surface area contributed by atoms with Crippen LogP contribution in [-0.4, -0.2) is 30.9 Å². The Hall–Kier alpha value is -3.48. The van der Waals surface area contributed by atoms with Crippen molar-refractivity contribution in [2.24, 2.45) is 11.5 Å². The molecule has 34 heavy (non-hydrogen) atoms. The van der Waals surface area contributed by atoms with E-state index in [0.717, 1.165) is 24.0 Å². The van der Waals surface area contributed by atoms with Crippen LogP contribution in [0, 0.1) is 0 Å². The molecule has 0 unspecified atom stereocenters. The number of rotatable bonds is 9. The number of allylic oxidation sites excluding steroid dienone is 6. The molecule has 0 bridgehead atoms. The van der Waals surface area contributed by atoms with E-state index >= 15 is 0 Å². The van der Waals surface area contributed by atoms with E-state index in [-0.39, 0.29) is 18.4 Å². The number of hydrogen-bond acceptors (Lipinski definition) is 4. The van der Waals surface area contributed by atoms with Crippen LogP contribution in [0.1, 0.15) is 37.3 Å². The van der Waals surface area contributed by atoms with E-state index in [2.05, 4.69) is 60.1 Å². The Labute approximate surface area is 202 Å². The molecule has 2 aromatic rings. The Morgan fingerprint density at radius 1 is 1.03 bits per heavy atom. The summed E-state index contributed by atoms with van der Waals surface area (Å²) in [6.45, 7) is 2.53. The average Bonchev–Trinajstić information content (AvgIpc) is 3.17. The summed E-state index contributed by atoms with van der Waals surface area (Å²) in [6, 6.07) is 17.4. The van der Waals surface area contributed by atoms with E-state index in [1.54, 1.807) is 0 Å². The van der Waals surface area contributed by atoms with Gasteiger partial charge in [-0.2, -0.15) is 0 Å². The van der Waals surface area contributed by atoms with Gasteiger partial charge in [0.05, 0.1) is 12.6 Å². The minimum absolute atomic E-state index is 0.115. The van der Waals surface area contributed by atoms with Gasteiger partial charge < -0.3 is 22.1 Å². The Kier molecular flexibility index (Phi) is 12.1. The van der Waals surface area contributed by atoms with Gasteiger partial charge in [0.1, 0.15) is 0 Å². The van der Waals surface area contributed by atoms with Crippen LogP contribution in [-0.2, 0) is 16.0 Å². The summed E-state index contributed by atoms with van der Waals surface area (Å²) < 4.78 is 0. The molecule has 0 radical (unpaired) electrons. The standard InChI is InChI=1S/C20H26N4O2.C8H10/c21-13-5-8-18(22)20(26)23-14-19(25)24-17-11-9-16(10-12-17)15-6-3-1-2-4-7-15;1-2-8-6-4-3-5-7-8/h1-3,6-7,9-12,18H,4-5,8,13-14,21-22H2,(H,23,26)(H,24,25);3-7H,2H2,1H3/t18-;/m0./s1. The third-order valence-electron chi connectivity index (χ3n) is 5.23. The lowest BCUT2D eigenvalue weighted by molar-refractivity contribution is -0.125. The molecule has 3 rings (SSSR count). The van der Waals surface area contributed by atoms with Gasteiger partial charge in [0.15, 0.2) is 0 Å². The van der Waals surface area contributed by atoms with Gasteiger partial charge in [-0.25, -0.2) is 0 Å². The summed E-state index contributed by atoms with van der Waals surface area (Å²) in [5.41, 5.74) is 15.4. The van der Waals surface area contributed by atoms with E-state index in [1.165, 1.54) is 5.56 Å². The fourth-order valence-electron chi connectivity index (χ4n) is 3.23. The molecule has 0 aliphatic heterocycles. The maximum absolute atomic E-state index is 12.0. The van der Waals surface area contributed by atoms with Crippen molar-refractivity contribution in [3.8, 4) is 0 Å². The maximum atomic E-state index is 12.0. The zero-order valence-electron chi connectivity index (χ0n) is 19.9. The van der Waals surface area contributed by atoms with Gasteiger partial charge in [0, 0.05) is 5.69 Å². The fourth-order valence-corrected chi connectivity index (χ4v) is 3.23. The van der Waals surface area contributed by atoms with Gasteiger partial charge in [-0.15, -0.1) is 0 Å². The van der Waals surface area contributed by atoms with Crippen molar-refractivity contribution in [2.75, 3.05) is 18.4 Å². The number of nitrogens with one attached hydrogen (secondary N) is 2. The molecule has 180 valence electrons. The predicted molar refractivity (Wildman–Crippen MR) is 141 cm³/mol. The third-order valence-corrected chi connectivity index (χ3v) is 5.23. The second-order valence-corrected chi connectivity index (χ2v) is 7.90. The molecule has 1 aliphatic carbocycles. The van der Waals surface area contributed by atoms with Crippen LogP contribution in [0.5, 0.6) is 0 Å². The van der Waals surface area contributed by atoms with Crippen molar-refractivity contribution in [3.05, 3.63) is 96.1 Å². The molecule has 2 amide bonds. The highest BCUT2D eigenvalue weighted by Crippen LogP contribution is 2.20. The van der Waals surface area contributed by atoms with Crippen LogP contribution in [0.3, 0.4) is 0 Å². The largest absolute Gasteiger partial charge is 0.346 e. The number of amides is 2. The number of carbonyl (C=O) groups excluding carboxylic acids is 2. The van der Waals surface area contributed by atoms with E-state index in [0.29, 0.717) is 25.1 Å². The Bertz CT molecular complexity index is 979. The quantitative estimate of drug-likeness (QED) is 0.454. The molecule has 0 aromatic heterocycles. The second-order valence-electron chi connectivity index (χ2n) is 7.90. The highest BCUT2D eigenvalue weighted by atomic mass is 16.2. The first-order valence-electron chi connectivity index (χ1n) is 11.7.